The first-order valence-electron chi connectivity index (χ1n) is 7.77. The Balaban J connectivity index is 1.83. The minimum absolute atomic E-state index is 0.0156. The van der Waals surface area contributed by atoms with Gasteiger partial charge in [-0.15, -0.1) is 0 Å². The van der Waals surface area contributed by atoms with Gasteiger partial charge in [-0.2, -0.15) is 0 Å². The maximum Gasteiger partial charge on any atom is 0.303 e. The molecule has 25 heavy (non-hydrogen) atoms. The molecule has 0 fully saturated rings. The third-order valence-corrected chi connectivity index (χ3v) is 3.85. The molecule has 0 unspecified atom stereocenters. The fourth-order valence-corrected chi connectivity index (χ4v) is 2.59. The summed E-state index contributed by atoms with van der Waals surface area (Å²) in [5.41, 5.74) is 1.66. The zero-order valence-electron chi connectivity index (χ0n) is 13.3. The number of carboxylic acid groups (broad SMARTS) is 1. The average molecular weight is 336 g/mol. The first-order chi connectivity index (χ1) is 12.0. The molecule has 3 aromatic rings. The number of fused-ring (bicyclic) bond motifs is 1. The number of carbonyl (C=O) groups excluding carboxylic acids is 1. The van der Waals surface area contributed by atoms with E-state index in [-0.39, 0.29) is 17.4 Å². The molecule has 3 N–H and O–H groups in total. The normalized spacial score (nSPS) is 10.6. The summed E-state index contributed by atoms with van der Waals surface area (Å²) in [5, 5.41) is 11.9. The van der Waals surface area contributed by atoms with Gasteiger partial charge in [0.1, 0.15) is 5.56 Å². The molecule has 0 saturated heterocycles. The van der Waals surface area contributed by atoms with Crippen molar-refractivity contribution in [2.75, 3.05) is 5.32 Å². The minimum atomic E-state index is -0.878. The largest absolute Gasteiger partial charge is 0.481 e. The number of aliphatic carboxylic acids is 1. The summed E-state index contributed by atoms with van der Waals surface area (Å²) >= 11 is 0. The van der Waals surface area contributed by atoms with E-state index in [0.717, 1.165) is 5.56 Å². The molecule has 6 nitrogen and oxygen atoms in total. The molecule has 1 heterocycles. The molecule has 0 aliphatic carbocycles. The van der Waals surface area contributed by atoms with Crippen LogP contribution in [0.5, 0.6) is 0 Å². The number of carboxylic acids is 1. The monoisotopic (exact) mass is 336 g/mol. The van der Waals surface area contributed by atoms with Crippen LogP contribution in [-0.4, -0.2) is 22.0 Å². The van der Waals surface area contributed by atoms with Gasteiger partial charge in [-0.05, 0) is 36.2 Å². The molecule has 0 aliphatic rings. The molecular formula is C19H16N2O4. The van der Waals surface area contributed by atoms with Crippen molar-refractivity contribution in [1.82, 2.24) is 4.98 Å². The van der Waals surface area contributed by atoms with Gasteiger partial charge in [0.15, 0.2) is 0 Å². The second-order valence-corrected chi connectivity index (χ2v) is 5.63. The number of benzene rings is 2. The molecule has 0 bridgehead atoms. The number of pyridine rings is 1. The zero-order valence-corrected chi connectivity index (χ0v) is 13.3. The smallest absolute Gasteiger partial charge is 0.303 e. The third-order valence-electron chi connectivity index (χ3n) is 3.85. The lowest BCUT2D eigenvalue weighted by molar-refractivity contribution is -0.136. The highest BCUT2D eigenvalue weighted by molar-refractivity contribution is 6.05. The van der Waals surface area contributed by atoms with Crippen LogP contribution < -0.4 is 10.7 Å². The maximum absolute atomic E-state index is 12.5. The summed E-state index contributed by atoms with van der Waals surface area (Å²) in [4.78, 5) is 38.5. The van der Waals surface area contributed by atoms with E-state index in [0.29, 0.717) is 23.0 Å². The van der Waals surface area contributed by atoms with Gasteiger partial charge in [-0.3, -0.25) is 14.4 Å². The lowest BCUT2D eigenvalue weighted by Gasteiger charge is -2.07. The third kappa shape index (κ3) is 3.74. The Kier molecular flexibility index (Phi) is 4.61. The summed E-state index contributed by atoms with van der Waals surface area (Å²) in [6, 6.07) is 13.9. The molecule has 1 amide bonds. The predicted octanol–water partition coefficient (Wildman–Crippen LogP) is 2.80. The molecular weight excluding hydrogens is 320 g/mol. The van der Waals surface area contributed by atoms with Crippen molar-refractivity contribution < 1.29 is 14.7 Å². The number of hydrogen-bond donors (Lipinski definition) is 3. The van der Waals surface area contributed by atoms with E-state index in [1.54, 1.807) is 48.5 Å². The number of rotatable bonds is 5. The van der Waals surface area contributed by atoms with E-state index in [9.17, 15) is 14.4 Å². The van der Waals surface area contributed by atoms with Crippen LogP contribution in [-0.2, 0) is 11.2 Å². The SMILES string of the molecule is O=C(O)CCc1cccc(NC(=O)c2c[nH]c3ccccc3c2=O)c1. The first kappa shape index (κ1) is 16.4. The maximum atomic E-state index is 12.5. The summed E-state index contributed by atoms with van der Waals surface area (Å²) in [6.07, 6.45) is 1.78. The second kappa shape index (κ2) is 7.00. The van der Waals surface area contributed by atoms with Gasteiger partial charge < -0.3 is 15.4 Å². The van der Waals surface area contributed by atoms with Gasteiger partial charge >= 0.3 is 5.97 Å². The number of aromatic nitrogens is 1. The highest BCUT2D eigenvalue weighted by Crippen LogP contribution is 2.14. The van der Waals surface area contributed by atoms with E-state index in [4.69, 9.17) is 5.11 Å². The molecule has 1 aromatic heterocycles. The Bertz CT molecular complexity index is 1010. The Morgan fingerprint density at radius 1 is 1.08 bits per heavy atom. The predicted molar refractivity (Wildman–Crippen MR) is 94.9 cm³/mol. The van der Waals surface area contributed by atoms with Crippen molar-refractivity contribution in [3.8, 4) is 0 Å². The summed E-state index contributed by atoms with van der Waals surface area (Å²) in [7, 11) is 0. The van der Waals surface area contributed by atoms with Gasteiger partial charge in [0.05, 0.1) is 0 Å². The number of aryl methyl sites for hydroxylation is 1. The van der Waals surface area contributed by atoms with Crippen LogP contribution in [0.4, 0.5) is 5.69 Å². The van der Waals surface area contributed by atoms with Crippen molar-refractivity contribution in [2.45, 2.75) is 12.8 Å². The molecule has 3 rings (SSSR count). The fraction of sp³-hybridized carbons (Fsp3) is 0.105. The van der Waals surface area contributed by atoms with Crippen molar-refractivity contribution >= 4 is 28.5 Å². The van der Waals surface area contributed by atoms with Crippen LogP contribution in [0, 0.1) is 0 Å². The molecule has 0 radical (unpaired) electrons. The van der Waals surface area contributed by atoms with Crippen LogP contribution >= 0.6 is 0 Å². The van der Waals surface area contributed by atoms with E-state index < -0.39 is 11.9 Å². The molecule has 0 atom stereocenters. The van der Waals surface area contributed by atoms with E-state index >= 15 is 0 Å². The van der Waals surface area contributed by atoms with E-state index in [1.165, 1.54) is 6.20 Å². The van der Waals surface area contributed by atoms with Crippen molar-refractivity contribution in [3.63, 3.8) is 0 Å². The number of nitrogens with one attached hydrogen (secondary N) is 2. The van der Waals surface area contributed by atoms with Gasteiger partial charge in [0, 0.05) is 29.2 Å². The van der Waals surface area contributed by atoms with Crippen LogP contribution in [0.2, 0.25) is 0 Å². The van der Waals surface area contributed by atoms with Gasteiger partial charge in [-0.1, -0.05) is 24.3 Å². The lowest BCUT2D eigenvalue weighted by atomic mass is 10.1. The highest BCUT2D eigenvalue weighted by Gasteiger charge is 2.13. The Morgan fingerprint density at radius 3 is 2.68 bits per heavy atom. The molecule has 0 spiro atoms. The summed E-state index contributed by atoms with van der Waals surface area (Å²) < 4.78 is 0. The number of amides is 1. The van der Waals surface area contributed by atoms with Crippen molar-refractivity contribution in [1.29, 1.82) is 0 Å². The fourth-order valence-electron chi connectivity index (χ4n) is 2.59. The average Bonchev–Trinajstić information content (AvgIpc) is 2.61. The van der Waals surface area contributed by atoms with E-state index in [1.807, 2.05) is 0 Å². The summed E-state index contributed by atoms with van der Waals surface area (Å²) in [5.74, 6) is -1.39. The second-order valence-electron chi connectivity index (χ2n) is 5.63. The topological polar surface area (TPSA) is 99.3 Å². The molecule has 126 valence electrons. The lowest BCUT2D eigenvalue weighted by Crippen LogP contribution is -2.22. The van der Waals surface area contributed by atoms with Crippen molar-refractivity contribution in [3.05, 3.63) is 76.1 Å². The van der Waals surface area contributed by atoms with Gasteiger partial charge in [0.25, 0.3) is 5.91 Å². The molecule has 0 aliphatic heterocycles. The number of para-hydroxylation sites is 1. The Labute approximate surface area is 143 Å². The van der Waals surface area contributed by atoms with Crippen LogP contribution in [0.3, 0.4) is 0 Å². The Hall–Kier alpha value is -3.41. The number of carbonyl (C=O) groups is 2. The van der Waals surface area contributed by atoms with Crippen molar-refractivity contribution in [2.24, 2.45) is 0 Å². The minimum Gasteiger partial charge on any atom is -0.481 e. The summed E-state index contributed by atoms with van der Waals surface area (Å²) in [6.45, 7) is 0. The zero-order chi connectivity index (χ0) is 17.8. The van der Waals surface area contributed by atoms with Gasteiger partial charge in [-0.25, -0.2) is 0 Å². The standard InChI is InChI=1S/C19H16N2O4/c22-17(23)9-8-12-4-3-5-13(10-12)21-19(25)15-11-20-16-7-2-1-6-14(16)18(15)24/h1-7,10-11H,8-9H2,(H,20,24)(H,21,25)(H,22,23). The quantitative estimate of drug-likeness (QED) is 0.667. The van der Waals surface area contributed by atoms with Crippen LogP contribution in [0.15, 0.2) is 59.5 Å². The number of hydrogen-bond acceptors (Lipinski definition) is 3. The highest BCUT2D eigenvalue weighted by atomic mass is 16.4. The van der Waals surface area contributed by atoms with E-state index in [2.05, 4.69) is 10.3 Å². The first-order valence-corrected chi connectivity index (χ1v) is 7.77. The van der Waals surface area contributed by atoms with Crippen LogP contribution in [0.25, 0.3) is 10.9 Å². The van der Waals surface area contributed by atoms with Gasteiger partial charge in [0.2, 0.25) is 5.43 Å². The number of H-pyrrole nitrogens is 1. The molecule has 2 aromatic carbocycles. The Morgan fingerprint density at radius 2 is 1.88 bits per heavy atom. The number of aromatic amines is 1. The molecule has 6 heteroatoms. The molecule has 0 saturated carbocycles. The van der Waals surface area contributed by atoms with Crippen LogP contribution in [0.1, 0.15) is 22.3 Å². The number of anilines is 1.